The molecule has 1 aromatic carbocycles. The SMILES string of the molecule is CC1CN(c2ccc3c(c2)CCN3)S(=O)(=O)C1. The topological polar surface area (TPSA) is 49.4 Å². The molecule has 1 N–H and O–H groups in total. The number of hydrogen-bond acceptors (Lipinski definition) is 3. The minimum atomic E-state index is -3.09. The Morgan fingerprint density at radius 1 is 1.41 bits per heavy atom. The van der Waals surface area contributed by atoms with Gasteiger partial charge in [-0.2, -0.15) is 0 Å². The molecule has 0 spiro atoms. The quantitative estimate of drug-likeness (QED) is 0.823. The minimum Gasteiger partial charge on any atom is -0.384 e. The summed E-state index contributed by atoms with van der Waals surface area (Å²) >= 11 is 0. The molecule has 4 nitrogen and oxygen atoms in total. The van der Waals surface area contributed by atoms with Gasteiger partial charge in [0, 0.05) is 18.8 Å². The lowest BCUT2D eigenvalue weighted by atomic mass is 10.1. The fraction of sp³-hybridized carbons (Fsp3) is 0.500. The zero-order valence-electron chi connectivity index (χ0n) is 9.81. The Labute approximate surface area is 102 Å². The summed E-state index contributed by atoms with van der Waals surface area (Å²) in [5, 5.41) is 3.28. The van der Waals surface area contributed by atoms with Crippen LogP contribution in [0.25, 0.3) is 0 Å². The summed E-state index contributed by atoms with van der Waals surface area (Å²) in [7, 11) is -3.09. The first kappa shape index (κ1) is 10.9. The van der Waals surface area contributed by atoms with E-state index in [1.54, 1.807) is 4.31 Å². The normalized spacial score (nSPS) is 25.7. The fourth-order valence-electron chi connectivity index (χ4n) is 2.61. The van der Waals surface area contributed by atoms with Gasteiger partial charge < -0.3 is 5.32 Å². The number of fused-ring (bicyclic) bond motifs is 1. The molecule has 0 saturated carbocycles. The zero-order chi connectivity index (χ0) is 12.0. The van der Waals surface area contributed by atoms with Gasteiger partial charge in [0.2, 0.25) is 10.0 Å². The van der Waals surface area contributed by atoms with Crippen molar-refractivity contribution in [3.05, 3.63) is 23.8 Å². The molecule has 0 aromatic heterocycles. The molecule has 2 heterocycles. The molecule has 92 valence electrons. The summed E-state index contributed by atoms with van der Waals surface area (Å²) in [6.07, 6.45) is 0.979. The third-order valence-electron chi connectivity index (χ3n) is 3.40. The maximum Gasteiger partial charge on any atom is 0.235 e. The maximum atomic E-state index is 12.0. The van der Waals surface area contributed by atoms with Crippen LogP contribution in [0.4, 0.5) is 11.4 Å². The maximum absolute atomic E-state index is 12.0. The summed E-state index contributed by atoms with van der Waals surface area (Å²) in [4.78, 5) is 0. The van der Waals surface area contributed by atoms with Gasteiger partial charge in [-0.1, -0.05) is 6.92 Å². The van der Waals surface area contributed by atoms with E-state index in [9.17, 15) is 8.42 Å². The van der Waals surface area contributed by atoms with Crippen LogP contribution in [-0.4, -0.2) is 27.3 Å². The molecule has 1 aromatic rings. The molecule has 0 bridgehead atoms. The summed E-state index contributed by atoms with van der Waals surface area (Å²) in [5.74, 6) is 0.480. The number of anilines is 2. The van der Waals surface area contributed by atoms with Crippen LogP contribution in [0.15, 0.2) is 18.2 Å². The second-order valence-corrected chi connectivity index (χ2v) is 6.87. The second kappa shape index (κ2) is 3.63. The number of hydrogen-bond donors (Lipinski definition) is 1. The molecule has 1 unspecified atom stereocenters. The Morgan fingerprint density at radius 3 is 2.94 bits per heavy atom. The van der Waals surface area contributed by atoms with Crippen LogP contribution in [0.2, 0.25) is 0 Å². The lowest BCUT2D eigenvalue weighted by molar-refractivity contribution is 0.598. The second-order valence-electron chi connectivity index (χ2n) is 4.93. The first-order chi connectivity index (χ1) is 8.06. The van der Waals surface area contributed by atoms with Crippen molar-refractivity contribution >= 4 is 21.4 Å². The molecule has 1 fully saturated rings. The monoisotopic (exact) mass is 252 g/mol. The van der Waals surface area contributed by atoms with Gasteiger partial charge in [0.1, 0.15) is 0 Å². The van der Waals surface area contributed by atoms with Crippen molar-refractivity contribution in [1.82, 2.24) is 0 Å². The third-order valence-corrected chi connectivity index (χ3v) is 5.42. The summed E-state index contributed by atoms with van der Waals surface area (Å²) in [6.45, 7) is 3.53. The van der Waals surface area contributed by atoms with Gasteiger partial charge in [0.25, 0.3) is 0 Å². The van der Waals surface area contributed by atoms with Crippen molar-refractivity contribution in [1.29, 1.82) is 0 Å². The largest absolute Gasteiger partial charge is 0.384 e. The van der Waals surface area contributed by atoms with E-state index < -0.39 is 10.0 Å². The first-order valence-electron chi connectivity index (χ1n) is 5.93. The molecular formula is C12H16N2O2S. The van der Waals surface area contributed by atoms with E-state index in [1.807, 2.05) is 25.1 Å². The van der Waals surface area contributed by atoms with Crippen LogP contribution >= 0.6 is 0 Å². The van der Waals surface area contributed by atoms with Gasteiger partial charge in [0.05, 0.1) is 11.4 Å². The first-order valence-corrected chi connectivity index (χ1v) is 7.54. The van der Waals surface area contributed by atoms with Crippen molar-refractivity contribution in [3.8, 4) is 0 Å². The molecule has 0 amide bonds. The van der Waals surface area contributed by atoms with E-state index in [-0.39, 0.29) is 11.7 Å². The third kappa shape index (κ3) is 1.78. The summed E-state index contributed by atoms with van der Waals surface area (Å²) < 4.78 is 25.5. The number of nitrogens with zero attached hydrogens (tertiary/aromatic N) is 1. The van der Waals surface area contributed by atoms with Gasteiger partial charge in [-0.15, -0.1) is 0 Å². The summed E-state index contributed by atoms with van der Waals surface area (Å²) in [5.41, 5.74) is 3.17. The van der Waals surface area contributed by atoms with E-state index in [0.717, 1.165) is 24.3 Å². The molecule has 2 aliphatic heterocycles. The van der Waals surface area contributed by atoms with E-state index in [1.165, 1.54) is 5.56 Å². The molecular weight excluding hydrogens is 236 g/mol. The Kier molecular flexibility index (Phi) is 2.33. The molecule has 3 rings (SSSR count). The van der Waals surface area contributed by atoms with E-state index in [4.69, 9.17) is 0 Å². The van der Waals surface area contributed by atoms with Crippen molar-refractivity contribution < 1.29 is 8.42 Å². The van der Waals surface area contributed by atoms with Crippen molar-refractivity contribution in [3.63, 3.8) is 0 Å². The molecule has 0 aliphatic carbocycles. The molecule has 1 saturated heterocycles. The highest BCUT2D eigenvalue weighted by Crippen LogP contribution is 2.31. The minimum absolute atomic E-state index is 0.214. The standard InChI is InChI=1S/C12H16N2O2S/c1-9-7-14(17(15,16)8-9)11-2-3-12-10(6-11)4-5-13-12/h2-3,6,9,13H,4-5,7-8H2,1H3. The number of rotatable bonds is 1. The highest BCUT2D eigenvalue weighted by Gasteiger charge is 2.33. The molecule has 2 aliphatic rings. The van der Waals surface area contributed by atoms with Crippen LogP contribution in [-0.2, 0) is 16.4 Å². The molecule has 0 radical (unpaired) electrons. The average molecular weight is 252 g/mol. The van der Waals surface area contributed by atoms with Crippen LogP contribution in [0.5, 0.6) is 0 Å². The number of benzene rings is 1. The Bertz CT molecular complexity index is 554. The van der Waals surface area contributed by atoms with Gasteiger partial charge in [-0.05, 0) is 36.1 Å². The van der Waals surface area contributed by atoms with Crippen molar-refractivity contribution in [2.24, 2.45) is 5.92 Å². The fourth-order valence-corrected chi connectivity index (χ4v) is 4.53. The Hall–Kier alpha value is -1.23. The van der Waals surface area contributed by atoms with E-state index in [2.05, 4.69) is 5.32 Å². The number of nitrogens with one attached hydrogen (secondary N) is 1. The lowest BCUT2D eigenvalue weighted by Gasteiger charge is -2.18. The highest BCUT2D eigenvalue weighted by molar-refractivity contribution is 7.93. The van der Waals surface area contributed by atoms with Gasteiger partial charge in [-0.3, -0.25) is 4.31 Å². The number of sulfonamides is 1. The van der Waals surface area contributed by atoms with E-state index >= 15 is 0 Å². The van der Waals surface area contributed by atoms with Crippen molar-refractivity contribution in [2.75, 3.05) is 28.5 Å². The Balaban J connectivity index is 2.00. The van der Waals surface area contributed by atoms with Gasteiger partial charge >= 0.3 is 0 Å². The zero-order valence-corrected chi connectivity index (χ0v) is 10.6. The van der Waals surface area contributed by atoms with Gasteiger partial charge in [0.15, 0.2) is 0 Å². The van der Waals surface area contributed by atoms with Gasteiger partial charge in [-0.25, -0.2) is 8.42 Å². The molecule has 17 heavy (non-hydrogen) atoms. The van der Waals surface area contributed by atoms with Crippen LogP contribution in [0.1, 0.15) is 12.5 Å². The van der Waals surface area contributed by atoms with Crippen molar-refractivity contribution in [2.45, 2.75) is 13.3 Å². The van der Waals surface area contributed by atoms with Crippen LogP contribution < -0.4 is 9.62 Å². The van der Waals surface area contributed by atoms with E-state index in [0.29, 0.717) is 6.54 Å². The molecule has 1 atom stereocenters. The predicted molar refractivity (Wildman–Crippen MR) is 68.9 cm³/mol. The lowest BCUT2D eigenvalue weighted by Crippen LogP contribution is -2.25. The predicted octanol–water partition coefficient (Wildman–Crippen LogP) is 1.44. The van der Waals surface area contributed by atoms with Crippen LogP contribution in [0, 0.1) is 5.92 Å². The molecule has 5 heteroatoms. The van der Waals surface area contributed by atoms with Crippen LogP contribution in [0.3, 0.4) is 0 Å². The Morgan fingerprint density at radius 2 is 2.24 bits per heavy atom. The summed E-state index contributed by atoms with van der Waals surface area (Å²) in [6, 6.07) is 5.88. The average Bonchev–Trinajstić information content (AvgIpc) is 2.80. The highest BCUT2D eigenvalue weighted by atomic mass is 32.2. The smallest absolute Gasteiger partial charge is 0.235 e.